The molecule has 224 valence electrons. The molecule has 1 fully saturated rings. The maximum Gasteiger partial charge on any atom is 0.351 e. The maximum absolute atomic E-state index is 14.8. The molecule has 0 unspecified atom stereocenters. The number of imidazole rings is 1. The van der Waals surface area contributed by atoms with E-state index in [2.05, 4.69) is 22.0 Å². The molecule has 3 aromatic heterocycles. The molecule has 0 amide bonds. The number of carbonyl (C=O) groups is 1. The van der Waals surface area contributed by atoms with Crippen molar-refractivity contribution in [3.05, 3.63) is 76.4 Å². The lowest BCUT2D eigenvalue weighted by Crippen LogP contribution is -2.35. The second-order valence-electron chi connectivity index (χ2n) is 10.7. The molecule has 2 aromatic carbocycles. The van der Waals surface area contributed by atoms with Crippen LogP contribution in [0.3, 0.4) is 0 Å². The molecule has 1 aliphatic heterocycles. The van der Waals surface area contributed by atoms with Gasteiger partial charge in [0.15, 0.2) is 16.4 Å². The van der Waals surface area contributed by atoms with Crippen LogP contribution in [0.4, 0.5) is 4.39 Å². The first-order valence-electron chi connectivity index (χ1n) is 13.9. The van der Waals surface area contributed by atoms with Gasteiger partial charge in [-0.25, -0.2) is 14.2 Å². The number of aromatic nitrogens is 4. The van der Waals surface area contributed by atoms with Crippen LogP contribution in [0.2, 0.25) is 5.02 Å². The average Bonchev–Trinajstić information content (AvgIpc) is 3.73. The highest BCUT2D eigenvalue weighted by Gasteiger charge is 2.26. The number of halogens is 2. The zero-order valence-corrected chi connectivity index (χ0v) is 25.8. The predicted octanol–water partition coefficient (Wildman–Crippen LogP) is 6.68. The van der Waals surface area contributed by atoms with Gasteiger partial charge in [0.25, 0.3) is 0 Å². The number of aryl methyl sites for hydroxylation is 1. The number of hydrogen-bond acceptors (Lipinski definition) is 8. The third-order valence-corrected chi connectivity index (χ3v) is 9.13. The van der Waals surface area contributed by atoms with Gasteiger partial charge in [-0.1, -0.05) is 23.7 Å². The quantitative estimate of drug-likeness (QED) is 0.178. The van der Waals surface area contributed by atoms with E-state index in [-0.39, 0.29) is 16.9 Å². The summed E-state index contributed by atoms with van der Waals surface area (Å²) in [6.07, 6.45) is 6.30. The molecule has 1 aliphatic rings. The zero-order valence-electron chi connectivity index (χ0n) is 24.2. The van der Waals surface area contributed by atoms with Crippen LogP contribution < -0.4 is 9.47 Å². The van der Waals surface area contributed by atoms with E-state index in [1.807, 2.05) is 42.2 Å². The van der Waals surface area contributed by atoms with Gasteiger partial charge in [0.2, 0.25) is 0 Å². The molecule has 12 heteroatoms. The fourth-order valence-electron chi connectivity index (χ4n) is 5.23. The molecule has 0 N–H and O–H groups in total. The first-order chi connectivity index (χ1) is 20.7. The van der Waals surface area contributed by atoms with Crippen LogP contribution in [0, 0.1) is 5.82 Å². The average molecular weight is 624 g/mol. The Hall–Kier alpha value is -3.93. The summed E-state index contributed by atoms with van der Waals surface area (Å²) in [6.45, 7) is 3.54. The van der Waals surface area contributed by atoms with Crippen LogP contribution in [0.1, 0.15) is 41.1 Å². The summed E-state index contributed by atoms with van der Waals surface area (Å²) < 4.78 is 35.9. The number of likely N-dealkylation sites (tertiary alicyclic amines) is 1. The fourth-order valence-corrected chi connectivity index (χ4v) is 6.58. The topological polar surface area (TPSA) is 83.6 Å². The fraction of sp³-hybridized carbons (Fsp3) is 0.323. The number of thiophene rings is 1. The first-order valence-corrected chi connectivity index (χ1v) is 15.1. The molecule has 0 bridgehead atoms. The molecule has 9 nitrogen and oxygen atoms in total. The van der Waals surface area contributed by atoms with Gasteiger partial charge in [0.1, 0.15) is 29.3 Å². The smallest absolute Gasteiger partial charge is 0.351 e. The Kier molecular flexibility index (Phi) is 8.13. The lowest BCUT2D eigenvalue weighted by atomic mass is 10.1. The van der Waals surface area contributed by atoms with Crippen LogP contribution in [-0.4, -0.2) is 63.6 Å². The maximum atomic E-state index is 14.8. The van der Waals surface area contributed by atoms with Crippen LogP contribution in [-0.2, 0) is 11.8 Å². The van der Waals surface area contributed by atoms with E-state index in [0.717, 1.165) is 53.1 Å². The zero-order chi connectivity index (χ0) is 30.2. The summed E-state index contributed by atoms with van der Waals surface area (Å²) >= 11 is 7.93. The number of esters is 1. The van der Waals surface area contributed by atoms with Gasteiger partial charge in [0.05, 0.1) is 29.4 Å². The third kappa shape index (κ3) is 5.84. The molecule has 1 saturated heterocycles. The SMILES string of the molecule is COC(=O)c1sc(-n2cnc3cc(-c4cnn(C)c4)ccc32)cc1O[C@H](C)c1ccc(F)c(OC2CCN(C)CC2)c1Cl. The summed E-state index contributed by atoms with van der Waals surface area (Å²) in [7, 11) is 5.25. The Morgan fingerprint density at radius 1 is 1.14 bits per heavy atom. The number of hydrogen-bond donors (Lipinski definition) is 0. The van der Waals surface area contributed by atoms with E-state index < -0.39 is 17.9 Å². The van der Waals surface area contributed by atoms with Crippen molar-refractivity contribution in [1.82, 2.24) is 24.2 Å². The van der Waals surface area contributed by atoms with Crippen molar-refractivity contribution < 1.29 is 23.4 Å². The lowest BCUT2D eigenvalue weighted by Gasteiger charge is -2.30. The number of benzene rings is 2. The van der Waals surface area contributed by atoms with Gasteiger partial charge in [-0.15, -0.1) is 11.3 Å². The highest BCUT2D eigenvalue weighted by Crippen LogP contribution is 2.41. The minimum atomic E-state index is -0.625. The number of methoxy groups -OCH3 is 1. The molecule has 6 rings (SSSR count). The van der Waals surface area contributed by atoms with Gasteiger partial charge >= 0.3 is 5.97 Å². The van der Waals surface area contributed by atoms with Crippen LogP contribution in [0.25, 0.3) is 27.2 Å². The van der Waals surface area contributed by atoms with Crippen LogP contribution in [0.5, 0.6) is 11.5 Å². The number of rotatable bonds is 8. The number of ether oxygens (including phenoxy) is 3. The monoisotopic (exact) mass is 623 g/mol. The molecule has 0 radical (unpaired) electrons. The van der Waals surface area contributed by atoms with Crippen molar-refractivity contribution in [3.63, 3.8) is 0 Å². The molecular weight excluding hydrogens is 593 g/mol. The Morgan fingerprint density at radius 2 is 1.93 bits per heavy atom. The summed E-state index contributed by atoms with van der Waals surface area (Å²) in [5.74, 6) is -0.699. The lowest BCUT2D eigenvalue weighted by molar-refractivity contribution is 0.0600. The van der Waals surface area contributed by atoms with E-state index in [1.165, 1.54) is 24.5 Å². The highest BCUT2D eigenvalue weighted by atomic mass is 35.5. The van der Waals surface area contributed by atoms with Crippen molar-refractivity contribution in [2.75, 3.05) is 27.2 Å². The van der Waals surface area contributed by atoms with Gasteiger partial charge in [-0.3, -0.25) is 9.25 Å². The Morgan fingerprint density at radius 3 is 2.65 bits per heavy atom. The molecule has 4 heterocycles. The number of nitrogens with zero attached hydrogens (tertiary/aromatic N) is 5. The largest absolute Gasteiger partial charge is 0.486 e. The molecule has 1 atom stereocenters. The van der Waals surface area contributed by atoms with Gasteiger partial charge in [-0.05, 0) is 50.6 Å². The van der Waals surface area contributed by atoms with E-state index >= 15 is 0 Å². The van der Waals surface area contributed by atoms with Gasteiger partial charge < -0.3 is 19.1 Å². The Balaban J connectivity index is 1.29. The predicted molar refractivity (Wildman–Crippen MR) is 164 cm³/mol. The molecule has 0 saturated carbocycles. The Bertz CT molecular complexity index is 1790. The van der Waals surface area contributed by atoms with Crippen LogP contribution >= 0.6 is 22.9 Å². The Labute approximate surface area is 257 Å². The van der Waals surface area contributed by atoms with E-state index in [9.17, 15) is 9.18 Å². The van der Waals surface area contributed by atoms with E-state index in [1.54, 1.807) is 30.1 Å². The van der Waals surface area contributed by atoms with Crippen molar-refractivity contribution in [3.8, 4) is 27.6 Å². The van der Waals surface area contributed by atoms with Crippen molar-refractivity contribution >= 4 is 39.9 Å². The van der Waals surface area contributed by atoms with Gasteiger partial charge in [0, 0.05) is 43.5 Å². The molecule has 0 spiro atoms. The highest BCUT2D eigenvalue weighted by molar-refractivity contribution is 7.16. The minimum absolute atomic E-state index is 0.0268. The normalized spacial score (nSPS) is 15.1. The first kappa shape index (κ1) is 29.2. The van der Waals surface area contributed by atoms with Gasteiger partial charge in [-0.2, -0.15) is 5.10 Å². The number of piperidine rings is 1. The van der Waals surface area contributed by atoms with E-state index in [4.69, 9.17) is 25.8 Å². The minimum Gasteiger partial charge on any atom is -0.486 e. The molecular formula is C31H31ClFN5O4S. The molecule has 5 aromatic rings. The second-order valence-corrected chi connectivity index (χ2v) is 12.1. The van der Waals surface area contributed by atoms with Crippen LogP contribution in [0.15, 0.2) is 55.1 Å². The molecule has 0 aliphatic carbocycles. The van der Waals surface area contributed by atoms with Crippen molar-refractivity contribution in [2.45, 2.75) is 32.0 Å². The summed E-state index contributed by atoms with van der Waals surface area (Å²) in [5.41, 5.74) is 4.20. The summed E-state index contributed by atoms with van der Waals surface area (Å²) in [5, 5.41) is 5.13. The van der Waals surface area contributed by atoms with Crippen molar-refractivity contribution in [1.29, 1.82) is 0 Å². The molecule has 43 heavy (non-hydrogen) atoms. The van der Waals surface area contributed by atoms with E-state index in [0.29, 0.717) is 16.2 Å². The standard InChI is InChI=1S/C31H31ClFN5O4S/c1-18(22-6-7-23(33)29(28(22)32)42-21-9-11-36(2)12-10-21)41-26-14-27(43-30(26)31(39)40-4)38-17-34-24-13-19(5-8-25(24)38)20-15-35-37(3)16-20/h5-8,13-18,21H,9-12H2,1-4H3/t18-/m1/s1. The summed E-state index contributed by atoms with van der Waals surface area (Å²) in [4.78, 5) is 19.9. The van der Waals surface area contributed by atoms with Crippen molar-refractivity contribution in [2.24, 2.45) is 7.05 Å². The number of fused-ring (bicyclic) bond motifs is 1. The number of carbonyl (C=O) groups excluding carboxylic acids is 1. The summed E-state index contributed by atoms with van der Waals surface area (Å²) in [6, 6.07) is 10.7. The third-order valence-electron chi connectivity index (χ3n) is 7.65. The second kappa shape index (κ2) is 12.0.